The molecule has 2 nitrogen and oxygen atoms in total. The molecule has 0 spiro atoms. The van der Waals surface area contributed by atoms with Crippen molar-refractivity contribution in [3.05, 3.63) is 58.9 Å². The fourth-order valence-corrected chi connectivity index (χ4v) is 3.42. The van der Waals surface area contributed by atoms with Crippen LogP contribution < -0.4 is 0 Å². The van der Waals surface area contributed by atoms with E-state index in [1.54, 1.807) is 18.2 Å². The molecule has 2 aromatic rings. The van der Waals surface area contributed by atoms with Crippen molar-refractivity contribution in [2.75, 3.05) is 0 Å². The molecule has 2 aromatic carbocycles. The zero-order chi connectivity index (χ0) is 15.0. The summed E-state index contributed by atoms with van der Waals surface area (Å²) in [6, 6.07) is 9.87. The minimum Gasteiger partial charge on any atom is -0.508 e. The van der Waals surface area contributed by atoms with E-state index >= 15 is 0 Å². The Kier molecular flexibility index (Phi) is 3.36. The zero-order valence-electron chi connectivity index (χ0n) is 12.1. The molecule has 1 unspecified atom stereocenters. The summed E-state index contributed by atoms with van der Waals surface area (Å²) in [6.07, 6.45) is 3.47. The van der Waals surface area contributed by atoms with E-state index in [0.29, 0.717) is 5.56 Å². The molecular formula is C18H19FO2. The molecule has 1 atom stereocenters. The van der Waals surface area contributed by atoms with Gasteiger partial charge in [0, 0.05) is 6.07 Å². The van der Waals surface area contributed by atoms with Crippen LogP contribution in [0.15, 0.2) is 36.4 Å². The Hall–Kier alpha value is -2.03. The minimum atomic E-state index is -0.347. The largest absolute Gasteiger partial charge is 0.508 e. The topological polar surface area (TPSA) is 40.5 Å². The monoisotopic (exact) mass is 286 g/mol. The van der Waals surface area contributed by atoms with Crippen molar-refractivity contribution in [2.45, 2.75) is 38.0 Å². The Labute approximate surface area is 123 Å². The molecule has 0 radical (unpaired) electrons. The standard InChI is InChI=1S/C18H19FO2/c1-18(16-7-6-15(21)10-17(16)19)8-2-3-12-9-14(20)5-4-13(12)11-18/h4-7,9-10,20-21H,2-3,8,11H2,1H3. The van der Waals surface area contributed by atoms with Gasteiger partial charge < -0.3 is 10.2 Å². The molecule has 0 fully saturated rings. The van der Waals surface area contributed by atoms with Crippen molar-refractivity contribution < 1.29 is 14.6 Å². The number of aromatic hydroxyl groups is 2. The second kappa shape index (κ2) is 5.06. The maximum absolute atomic E-state index is 14.3. The lowest BCUT2D eigenvalue weighted by Gasteiger charge is -2.29. The molecule has 21 heavy (non-hydrogen) atoms. The number of hydrogen-bond donors (Lipinski definition) is 2. The molecular weight excluding hydrogens is 267 g/mol. The first kappa shape index (κ1) is 13.9. The molecule has 2 N–H and O–H groups in total. The van der Waals surface area contributed by atoms with Crippen LogP contribution in [0.25, 0.3) is 0 Å². The van der Waals surface area contributed by atoms with Gasteiger partial charge in [-0.15, -0.1) is 0 Å². The van der Waals surface area contributed by atoms with E-state index in [1.165, 1.54) is 11.6 Å². The molecule has 1 aliphatic carbocycles. The van der Waals surface area contributed by atoms with Gasteiger partial charge in [0.15, 0.2) is 0 Å². The second-order valence-electron chi connectivity index (χ2n) is 6.21. The van der Waals surface area contributed by atoms with Gasteiger partial charge in [0.05, 0.1) is 0 Å². The van der Waals surface area contributed by atoms with E-state index in [4.69, 9.17) is 0 Å². The van der Waals surface area contributed by atoms with Gasteiger partial charge in [0.25, 0.3) is 0 Å². The van der Waals surface area contributed by atoms with E-state index < -0.39 is 0 Å². The van der Waals surface area contributed by atoms with E-state index in [9.17, 15) is 14.6 Å². The first-order valence-electron chi connectivity index (χ1n) is 7.28. The summed E-state index contributed by atoms with van der Waals surface area (Å²) in [7, 11) is 0. The van der Waals surface area contributed by atoms with Gasteiger partial charge in [-0.05, 0) is 66.0 Å². The predicted octanol–water partition coefficient (Wildman–Crippen LogP) is 4.07. The lowest BCUT2D eigenvalue weighted by Crippen LogP contribution is -2.25. The van der Waals surface area contributed by atoms with Crippen LogP contribution in [0.2, 0.25) is 0 Å². The molecule has 0 heterocycles. The molecule has 3 heteroatoms. The summed E-state index contributed by atoms with van der Waals surface area (Å²) < 4.78 is 14.3. The van der Waals surface area contributed by atoms with Gasteiger partial charge in [-0.2, -0.15) is 0 Å². The van der Waals surface area contributed by atoms with E-state index in [2.05, 4.69) is 6.92 Å². The summed E-state index contributed by atoms with van der Waals surface area (Å²) in [5.41, 5.74) is 2.68. The van der Waals surface area contributed by atoms with Crippen LogP contribution >= 0.6 is 0 Å². The molecule has 0 bridgehead atoms. The quantitative estimate of drug-likeness (QED) is 0.776. The highest BCUT2D eigenvalue weighted by Gasteiger charge is 2.32. The number of phenols is 2. The van der Waals surface area contributed by atoms with E-state index in [-0.39, 0.29) is 22.7 Å². The smallest absolute Gasteiger partial charge is 0.130 e. The molecule has 0 saturated carbocycles. The average molecular weight is 286 g/mol. The predicted molar refractivity (Wildman–Crippen MR) is 80.2 cm³/mol. The van der Waals surface area contributed by atoms with Crippen molar-refractivity contribution >= 4 is 0 Å². The Balaban J connectivity index is 2.03. The van der Waals surface area contributed by atoms with Gasteiger partial charge in [0.1, 0.15) is 17.3 Å². The summed E-state index contributed by atoms with van der Waals surface area (Å²) in [5, 5.41) is 19.0. The number of phenolic OH excluding ortho intramolecular Hbond substituents is 2. The fraction of sp³-hybridized carbons (Fsp3) is 0.333. The molecule has 1 aliphatic rings. The average Bonchev–Trinajstić information content (AvgIpc) is 2.57. The third kappa shape index (κ3) is 2.60. The van der Waals surface area contributed by atoms with E-state index in [0.717, 1.165) is 31.2 Å². The maximum atomic E-state index is 14.3. The first-order chi connectivity index (χ1) is 9.98. The minimum absolute atomic E-state index is 0.0428. The number of halogens is 1. The van der Waals surface area contributed by atoms with Gasteiger partial charge in [0.2, 0.25) is 0 Å². The first-order valence-corrected chi connectivity index (χ1v) is 7.28. The normalized spacial score (nSPS) is 21.6. The molecule has 3 rings (SSSR count). The van der Waals surface area contributed by atoms with Crippen LogP contribution in [-0.4, -0.2) is 10.2 Å². The van der Waals surface area contributed by atoms with Crippen LogP contribution in [0.1, 0.15) is 36.5 Å². The van der Waals surface area contributed by atoms with Crippen molar-refractivity contribution in [1.29, 1.82) is 0 Å². The zero-order valence-corrected chi connectivity index (χ0v) is 12.1. The third-order valence-electron chi connectivity index (χ3n) is 4.55. The third-order valence-corrected chi connectivity index (χ3v) is 4.55. The highest BCUT2D eigenvalue weighted by Crippen LogP contribution is 2.39. The summed E-state index contributed by atoms with van der Waals surface area (Å²) in [6.45, 7) is 2.07. The van der Waals surface area contributed by atoms with Gasteiger partial charge in [-0.1, -0.05) is 19.1 Å². The summed E-state index contributed by atoms with van der Waals surface area (Å²) in [5.74, 6) is -0.105. The summed E-state index contributed by atoms with van der Waals surface area (Å²) in [4.78, 5) is 0. The lowest BCUT2D eigenvalue weighted by molar-refractivity contribution is 0.403. The van der Waals surface area contributed by atoms with Crippen molar-refractivity contribution in [3.63, 3.8) is 0 Å². The molecule has 0 aliphatic heterocycles. The highest BCUT2D eigenvalue weighted by molar-refractivity contribution is 5.40. The Bertz CT molecular complexity index is 681. The maximum Gasteiger partial charge on any atom is 0.130 e. The van der Waals surface area contributed by atoms with Gasteiger partial charge in [-0.3, -0.25) is 0 Å². The van der Waals surface area contributed by atoms with Crippen molar-refractivity contribution in [3.8, 4) is 11.5 Å². The highest BCUT2D eigenvalue weighted by atomic mass is 19.1. The Morgan fingerprint density at radius 2 is 1.71 bits per heavy atom. The number of benzene rings is 2. The molecule has 0 saturated heterocycles. The molecule has 0 aromatic heterocycles. The van der Waals surface area contributed by atoms with Gasteiger partial charge in [-0.25, -0.2) is 4.39 Å². The number of fused-ring (bicyclic) bond motifs is 1. The molecule has 0 amide bonds. The Morgan fingerprint density at radius 3 is 2.48 bits per heavy atom. The SMILES string of the molecule is CC1(c2ccc(O)cc2F)CCCc2cc(O)ccc2C1. The van der Waals surface area contributed by atoms with Crippen LogP contribution in [-0.2, 0) is 18.3 Å². The van der Waals surface area contributed by atoms with Gasteiger partial charge >= 0.3 is 0 Å². The van der Waals surface area contributed by atoms with Crippen LogP contribution in [0.3, 0.4) is 0 Å². The Morgan fingerprint density at radius 1 is 1.00 bits per heavy atom. The van der Waals surface area contributed by atoms with E-state index in [1.807, 2.05) is 12.1 Å². The van der Waals surface area contributed by atoms with Crippen molar-refractivity contribution in [2.24, 2.45) is 0 Å². The second-order valence-corrected chi connectivity index (χ2v) is 6.21. The lowest BCUT2D eigenvalue weighted by atomic mass is 9.75. The van der Waals surface area contributed by atoms with Crippen molar-refractivity contribution in [1.82, 2.24) is 0 Å². The number of aryl methyl sites for hydroxylation is 1. The van der Waals surface area contributed by atoms with Crippen LogP contribution in [0.5, 0.6) is 11.5 Å². The van der Waals surface area contributed by atoms with Crippen LogP contribution in [0, 0.1) is 5.82 Å². The fourth-order valence-electron chi connectivity index (χ4n) is 3.42. The van der Waals surface area contributed by atoms with Crippen LogP contribution in [0.4, 0.5) is 4.39 Å². The molecule has 110 valence electrons. The number of rotatable bonds is 1. The summed E-state index contributed by atoms with van der Waals surface area (Å²) >= 11 is 0. The number of hydrogen-bond acceptors (Lipinski definition) is 2.